The minimum atomic E-state index is -0.0269. The summed E-state index contributed by atoms with van der Waals surface area (Å²) in [6.45, 7) is 5.32. The van der Waals surface area contributed by atoms with Crippen LogP contribution in [0.1, 0.15) is 40.4 Å². The minimum absolute atomic E-state index is 0.00559. The Morgan fingerprint density at radius 2 is 2.00 bits per heavy atom. The van der Waals surface area contributed by atoms with Crippen molar-refractivity contribution in [3.8, 4) is 5.88 Å². The molecule has 0 radical (unpaired) electrons. The van der Waals surface area contributed by atoms with Crippen LogP contribution in [0.2, 0.25) is 0 Å². The summed E-state index contributed by atoms with van der Waals surface area (Å²) >= 11 is 1.29. The van der Waals surface area contributed by atoms with Crippen molar-refractivity contribution in [2.75, 3.05) is 26.2 Å². The molecule has 5 nitrogen and oxygen atoms in total. The molecule has 3 aliphatic rings. The lowest BCUT2D eigenvalue weighted by atomic mass is 9.93. The molecule has 1 saturated heterocycles. The Bertz CT molecular complexity index is 560. The molecule has 22 heavy (non-hydrogen) atoms. The van der Waals surface area contributed by atoms with E-state index in [2.05, 4.69) is 9.88 Å². The molecule has 6 heteroatoms. The lowest BCUT2D eigenvalue weighted by Crippen LogP contribution is -2.53. The van der Waals surface area contributed by atoms with Gasteiger partial charge in [0.2, 0.25) is 5.88 Å². The number of aromatic hydroxyl groups is 1. The molecule has 2 heterocycles. The molecule has 0 aromatic carbocycles. The zero-order valence-electron chi connectivity index (χ0n) is 13.0. The second kappa shape index (κ2) is 5.49. The van der Waals surface area contributed by atoms with Gasteiger partial charge in [0.05, 0.1) is 4.88 Å². The summed E-state index contributed by atoms with van der Waals surface area (Å²) < 4.78 is 0. The topological polar surface area (TPSA) is 56.7 Å². The first-order valence-corrected chi connectivity index (χ1v) is 9.13. The fourth-order valence-electron chi connectivity index (χ4n) is 4.53. The Labute approximate surface area is 134 Å². The Morgan fingerprint density at radius 3 is 2.55 bits per heavy atom. The van der Waals surface area contributed by atoms with Gasteiger partial charge in [0, 0.05) is 32.2 Å². The molecule has 0 unspecified atom stereocenters. The highest BCUT2D eigenvalue weighted by atomic mass is 32.1. The van der Waals surface area contributed by atoms with E-state index in [-0.39, 0.29) is 11.8 Å². The third kappa shape index (κ3) is 2.42. The SMILES string of the molecule is Cc1sc(C(=O)N2CCN([C@@H]3C[C@H]4CC[C@H]3C4)CC2)nc1O. The van der Waals surface area contributed by atoms with E-state index in [1.807, 2.05) is 4.90 Å². The molecule has 2 bridgehead atoms. The van der Waals surface area contributed by atoms with Gasteiger partial charge in [-0.3, -0.25) is 9.69 Å². The van der Waals surface area contributed by atoms with Crippen molar-refractivity contribution >= 4 is 17.2 Å². The predicted octanol–water partition coefficient (Wildman–Crippen LogP) is 2.10. The van der Waals surface area contributed by atoms with Crippen molar-refractivity contribution in [1.82, 2.24) is 14.8 Å². The van der Waals surface area contributed by atoms with Crippen LogP contribution in [-0.4, -0.2) is 58.0 Å². The number of carbonyl (C=O) groups is 1. The van der Waals surface area contributed by atoms with Crippen molar-refractivity contribution in [2.45, 2.75) is 38.6 Å². The van der Waals surface area contributed by atoms with Gasteiger partial charge in [0.1, 0.15) is 0 Å². The molecule has 0 spiro atoms. The average Bonchev–Trinajstić information content (AvgIpc) is 3.23. The van der Waals surface area contributed by atoms with Crippen molar-refractivity contribution in [2.24, 2.45) is 11.8 Å². The van der Waals surface area contributed by atoms with Crippen molar-refractivity contribution in [3.05, 3.63) is 9.88 Å². The molecule has 1 aromatic rings. The van der Waals surface area contributed by atoms with Gasteiger partial charge < -0.3 is 10.0 Å². The maximum Gasteiger partial charge on any atom is 0.283 e. The number of aromatic nitrogens is 1. The lowest BCUT2D eigenvalue weighted by Gasteiger charge is -2.40. The smallest absolute Gasteiger partial charge is 0.283 e. The molecular formula is C16H23N3O2S. The van der Waals surface area contributed by atoms with Crippen molar-refractivity contribution in [3.63, 3.8) is 0 Å². The summed E-state index contributed by atoms with van der Waals surface area (Å²) in [7, 11) is 0. The summed E-state index contributed by atoms with van der Waals surface area (Å²) in [5.41, 5.74) is 0. The maximum atomic E-state index is 12.5. The maximum absolute atomic E-state index is 12.5. The third-order valence-electron chi connectivity index (χ3n) is 5.73. The monoisotopic (exact) mass is 321 g/mol. The number of carbonyl (C=O) groups excluding carboxylic acids is 1. The fraction of sp³-hybridized carbons (Fsp3) is 0.750. The van der Waals surface area contributed by atoms with E-state index in [0.29, 0.717) is 9.88 Å². The quantitative estimate of drug-likeness (QED) is 0.906. The predicted molar refractivity (Wildman–Crippen MR) is 85.2 cm³/mol. The summed E-state index contributed by atoms with van der Waals surface area (Å²) in [5.74, 6) is 1.84. The highest BCUT2D eigenvalue weighted by Crippen LogP contribution is 2.46. The highest BCUT2D eigenvalue weighted by molar-refractivity contribution is 7.13. The van der Waals surface area contributed by atoms with E-state index in [0.717, 1.165) is 44.1 Å². The van der Waals surface area contributed by atoms with E-state index >= 15 is 0 Å². The fourth-order valence-corrected chi connectivity index (χ4v) is 5.31. The van der Waals surface area contributed by atoms with E-state index in [1.54, 1.807) is 6.92 Å². The van der Waals surface area contributed by atoms with Gasteiger partial charge in [-0.15, -0.1) is 11.3 Å². The summed E-state index contributed by atoms with van der Waals surface area (Å²) in [6.07, 6.45) is 5.65. The van der Waals surface area contributed by atoms with Gasteiger partial charge >= 0.3 is 0 Å². The van der Waals surface area contributed by atoms with Crippen LogP contribution in [0.15, 0.2) is 0 Å². The number of piperazine rings is 1. The second-order valence-electron chi connectivity index (χ2n) is 6.97. The van der Waals surface area contributed by atoms with Crippen LogP contribution in [0.5, 0.6) is 5.88 Å². The van der Waals surface area contributed by atoms with Crippen molar-refractivity contribution in [1.29, 1.82) is 0 Å². The Hall–Kier alpha value is -1.14. The Kier molecular flexibility index (Phi) is 3.61. The first-order valence-electron chi connectivity index (χ1n) is 8.31. The molecule has 3 atom stereocenters. The van der Waals surface area contributed by atoms with E-state index in [4.69, 9.17) is 0 Å². The zero-order valence-corrected chi connectivity index (χ0v) is 13.8. The standard InChI is InChI=1S/C16H23N3O2S/c1-10-14(20)17-15(22-10)16(21)19-6-4-18(5-7-19)13-9-11-2-3-12(13)8-11/h11-13,20H,2-9H2,1H3/t11-,12-,13+/m0/s1. The van der Waals surface area contributed by atoms with Crippen LogP contribution in [0.25, 0.3) is 0 Å². The molecular weight excluding hydrogens is 298 g/mol. The van der Waals surface area contributed by atoms with E-state index in [9.17, 15) is 9.90 Å². The summed E-state index contributed by atoms with van der Waals surface area (Å²) in [4.78, 5) is 21.7. The number of hydrogen-bond acceptors (Lipinski definition) is 5. The third-order valence-corrected chi connectivity index (χ3v) is 6.67. The molecule has 3 fully saturated rings. The van der Waals surface area contributed by atoms with Crippen LogP contribution in [0, 0.1) is 18.8 Å². The molecule has 2 saturated carbocycles. The van der Waals surface area contributed by atoms with Gasteiger partial charge in [-0.1, -0.05) is 6.42 Å². The van der Waals surface area contributed by atoms with E-state index in [1.165, 1.54) is 37.0 Å². The molecule has 120 valence electrons. The number of hydrogen-bond donors (Lipinski definition) is 1. The van der Waals surface area contributed by atoms with Crippen molar-refractivity contribution < 1.29 is 9.90 Å². The van der Waals surface area contributed by atoms with Gasteiger partial charge in [0.15, 0.2) is 5.01 Å². The Morgan fingerprint density at radius 1 is 1.23 bits per heavy atom. The highest BCUT2D eigenvalue weighted by Gasteiger charge is 2.43. The lowest BCUT2D eigenvalue weighted by molar-refractivity contribution is 0.0495. The molecule has 1 amide bonds. The second-order valence-corrected chi connectivity index (χ2v) is 8.17. The Balaban J connectivity index is 1.36. The number of nitrogens with zero attached hydrogens (tertiary/aromatic N) is 3. The number of amides is 1. The van der Waals surface area contributed by atoms with Gasteiger partial charge in [-0.2, -0.15) is 4.98 Å². The van der Waals surface area contributed by atoms with E-state index < -0.39 is 0 Å². The zero-order chi connectivity index (χ0) is 15.3. The molecule has 4 rings (SSSR count). The molecule has 1 aromatic heterocycles. The summed E-state index contributed by atoms with van der Waals surface area (Å²) in [6, 6.07) is 0.766. The average molecular weight is 321 g/mol. The number of rotatable bonds is 2. The van der Waals surface area contributed by atoms with Gasteiger partial charge in [-0.05, 0) is 38.0 Å². The minimum Gasteiger partial charge on any atom is -0.492 e. The first kappa shape index (κ1) is 14.5. The number of thiazole rings is 1. The van der Waals surface area contributed by atoms with Crippen LogP contribution in [0.4, 0.5) is 0 Å². The number of fused-ring (bicyclic) bond motifs is 2. The van der Waals surface area contributed by atoms with Crippen LogP contribution in [0.3, 0.4) is 0 Å². The van der Waals surface area contributed by atoms with Crippen LogP contribution < -0.4 is 0 Å². The molecule has 1 N–H and O–H groups in total. The molecule has 1 aliphatic heterocycles. The summed E-state index contributed by atoms with van der Waals surface area (Å²) in [5, 5.41) is 9.97. The van der Waals surface area contributed by atoms with Gasteiger partial charge in [0.25, 0.3) is 5.91 Å². The number of aryl methyl sites for hydroxylation is 1. The normalized spacial score (nSPS) is 31.9. The van der Waals surface area contributed by atoms with Gasteiger partial charge in [-0.25, -0.2) is 0 Å². The van der Waals surface area contributed by atoms with Crippen LogP contribution >= 0.6 is 11.3 Å². The van der Waals surface area contributed by atoms with Crippen LogP contribution in [-0.2, 0) is 0 Å². The first-order chi connectivity index (χ1) is 10.6. The largest absolute Gasteiger partial charge is 0.492 e. The molecule has 2 aliphatic carbocycles.